The van der Waals surface area contributed by atoms with Gasteiger partial charge in [0.2, 0.25) is 0 Å². The van der Waals surface area contributed by atoms with Gasteiger partial charge >= 0.3 is 0 Å². The monoisotopic (exact) mass is 463 g/mol. The van der Waals surface area contributed by atoms with Gasteiger partial charge in [0.1, 0.15) is 5.75 Å². The number of piperazine rings is 1. The van der Waals surface area contributed by atoms with E-state index in [4.69, 9.17) is 4.74 Å². The van der Waals surface area contributed by atoms with Gasteiger partial charge in [-0.1, -0.05) is 30.3 Å². The molecule has 2 aromatic carbocycles. The minimum Gasteiger partial charge on any atom is -0.497 e. The van der Waals surface area contributed by atoms with E-state index < -0.39 is 0 Å². The van der Waals surface area contributed by atoms with Gasteiger partial charge in [-0.25, -0.2) is 0 Å². The number of carbonyl (C=O) groups is 2. The van der Waals surface area contributed by atoms with Crippen molar-refractivity contribution in [2.45, 2.75) is 13.0 Å². The van der Waals surface area contributed by atoms with Gasteiger partial charge in [-0.05, 0) is 53.3 Å². The lowest BCUT2D eigenvalue weighted by atomic mass is 10.1. The topological polar surface area (TPSA) is 61.9 Å². The Labute approximate surface area is 198 Å². The van der Waals surface area contributed by atoms with Gasteiger partial charge in [0.05, 0.1) is 12.0 Å². The fourth-order valence-corrected chi connectivity index (χ4v) is 4.52. The number of carbonyl (C=O) groups excluding carboxylic acids is 2. The Kier molecular flexibility index (Phi) is 7.75. The normalized spacial score (nSPS) is 14.2. The average Bonchev–Trinajstić information content (AvgIpc) is 3.42. The lowest BCUT2D eigenvalue weighted by molar-refractivity contribution is 0.0638. The second-order valence-corrected chi connectivity index (χ2v) is 9.04. The molecule has 1 aliphatic rings. The standard InChI is InChI=1S/C26H29N3O3S/c1-32-23-10-6-20(7-11-23)12-13-28-14-16-29(17-15-28)26(31)22-8-4-21(5-9-22)19-27-25(30)24-3-2-18-33-24/h2-11,18H,12-17,19H2,1H3,(H,27,30). The Morgan fingerprint density at radius 2 is 1.64 bits per heavy atom. The highest BCUT2D eigenvalue weighted by Gasteiger charge is 2.22. The number of thiophene rings is 1. The van der Waals surface area contributed by atoms with Gasteiger partial charge in [0.25, 0.3) is 11.8 Å². The minimum absolute atomic E-state index is 0.0685. The van der Waals surface area contributed by atoms with Gasteiger partial charge in [-0.2, -0.15) is 0 Å². The first-order valence-corrected chi connectivity index (χ1v) is 12.1. The number of rotatable bonds is 8. The molecule has 6 nitrogen and oxygen atoms in total. The van der Waals surface area contributed by atoms with E-state index in [0.717, 1.165) is 50.5 Å². The summed E-state index contributed by atoms with van der Waals surface area (Å²) >= 11 is 1.42. The molecular formula is C26H29N3O3S. The molecule has 0 atom stereocenters. The van der Waals surface area contributed by atoms with E-state index in [1.165, 1.54) is 16.9 Å². The second-order valence-electron chi connectivity index (χ2n) is 8.09. The van der Waals surface area contributed by atoms with Crippen molar-refractivity contribution in [3.8, 4) is 5.75 Å². The van der Waals surface area contributed by atoms with Crippen molar-refractivity contribution in [1.82, 2.24) is 15.1 Å². The van der Waals surface area contributed by atoms with E-state index in [-0.39, 0.29) is 11.8 Å². The van der Waals surface area contributed by atoms with Gasteiger partial charge in [-0.3, -0.25) is 14.5 Å². The molecule has 0 bridgehead atoms. The quantitative estimate of drug-likeness (QED) is 0.554. The molecule has 2 amide bonds. The van der Waals surface area contributed by atoms with E-state index >= 15 is 0 Å². The maximum atomic E-state index is 12.9. The molecule has 0 radical (unpaired) electrons. The van der Waals surface area contributed by atoms with Crippen molar-refractivity contribution in [3.05, 3.63) is 87.6 Å². The molecule has 1 fully saturated rings. The predicted molar refractivity (Wildman–Crippen MR) is 131 cm³/mol. The molecule has 1 N–H and O–H groups in total. The summed E-state index contributed by atoms with van der Waals surface area (Å²) in [4.78, 5) is 30.0. The molecular weight excluding hydrogens is 434 g/mol. The molecule has 0 unspecified atom stereocenters. The number of benzene rings is 2. The Morgan fingerprint density at radius 1 is 0.939 bits per heavy atom. The lowest BCUT2D eigenvalue weighted by Gasteiger charge is -2.34. The van der Waals surface area contributed by atoms with Crippen molar-refractivity contribution in [2.24, 2.45) is 0 Å². The Hall–Kier alpha value is -3.16. The molecule has 7 heteroatoms. The molecule has 1 aliphatic heterocycles. The summed E-state index contributed by atoms with van der Waals surface area (Å²) < 4.78 is 5.21. The molecule has 33 heavy (non-hydrogen) atoms. The van der Waals surface area contributed by atoms with Crippen LogP contribution in [0.1, 0.15) is 31.2 Å². The zero-order chi connectivity index (χ0) is 23.0. The first-order valence-electron chi connectivity index (χ1n) is 11.2. The van der Waals surface area contributed by atoms with Crippen LogP contribution in [0.25, 0.3) is 0 Å². The zero-order valence-corrected chi connectivity index (χ0v) is 19.6. The fourth-order valence-electron chi connectivity index (χ4n) is 3.88. The number of nitrogens with one attached hydrogen (secondary N) is 1. The van der Waals surface area contributed by atoms with Crippen LogP contribution in [0, 0.1) is 0 Å². The highest BCUT2D eigenvalue weighted by molar-refractivity contribution is 7.12. The molecule has 0 spiro atoms. The van der Waals surface area contributed by atoms with E-state index in [9.17, 15) is 9.59 Å². The molecule has 0 aliphatic carbocycles. The van der Waals surface area contributed by atoms with Crippen LogP contribution in [0.3, 0.4) is 0 Å². The van der Waals surface area contributed by atoms with Gasteiger partial charge in [-0.15, -0.1) is 11.3 Å². The maximum absolute atomic E-state index is 12.9. The Morgan fingerprint density at radius 3 is 2.27 bits per heavy atom. The first kappa shape index (κ1) is 23.0. The van der Waals surface area contributed by atoms with Crippen molar-refractivity contribution in [3.63, 3.8) is 0 Å². The number of methoxy groups -OCH3 is 1. The second kappa shape index (κ2) is 11.1. The zero-order valence-electron chi connectivity index (χ0n) is 18.8. The predicted octanol–water partition coefficient (Wildman–Crippen LogP) is 3.69. The summed E-state index contributed by atoms with van der Waals surface area (Å²) in [6.07, 6.45) is 0.989. The van der Waals surface area contributed by atoms with Crippen LogP contribution in [0.2, 0.25) is 0 Å². The van der Waals surface area contributed by atoms with E-state index in [0.29, 0.717) is 17.0 Å². The summed E-state index contributed by atoms with van der Waals surface area (Å²) in [5, 5.41) is 4.80. The van der Waals surface area contributed by atoms with Gasteiger partial charge < -0.3 is 15.0 Å². The highest BCUT2D eigenvalue weighted by Crippen LogP contribution is 2.14. The number of ether oxygens (including phenoxy) is 1. The average molecular weight is 464 g/mol. The smallest absolute Gasteiger partial charge is 0.261 e. The number of hydrogen-bond acceptors (Lipinski definition) is 5. The van der Waals surface area contributed by atoms with Crippen LogP contribution < -0.4 is 10.1 Å². The third-order valence-electron chi connectivity index (χ3n) is 5.93. The van der Waals surface area contributed by atoms with Crippen molar-refractivity contribution < 1.29 is 14.3 Å². The van der Waals surface area contributed by atoms with Crippen molar-refractivity contribution >= 4 is 23.2 Å². The molecule has 4 rings (SSSR count). The maximum Gasteiger partial charge on any atom is 0.261 e. The number of nitrogens with zero attached hydrogens (tertiary/aromatic N) is 2. The third-order valence-corrected chi connectivity index (χ3v) is 6.80. The largest absolute Gasteiger partial charge is 0.497 e. The minimum atomic E-state index is -0.0741. The van der Waals surface area contributed by atoms with Crippen LogP contribution in [0.4, 0.5) is 0 Å². The summed E-state index contributed by atoms with van der Waals surface area (Å²) in [6.45, 7) is 4.67. The van der Waals surface area contributed by atoms with Crippen LogP contribution >= 0.6 is 11.3 Å². The number of amides is 2. The molecule has 1 aromatic heterocycles. The summed E-state index contributed by atoms with van der Waals surface area (Å²) in [5.74, 6) is 0.871. The van der Waals surface area contributed by atoms with E-state index in [2.05, 4.69) is 22.3 Å². The van der Waals surface area contributed by atoms with E-state index in [1.54, 1.807) is 13.2 Å². The highest BCUT2D eigenvalue weighted by atomic mass is 32.1. The molecule has 1 saturated heterocycles. The fraction of sp³-hybridized carbons (Fsp3) is 0.308. The number of hydrogen-bond donors (Lipinski definition) is 1. The van der Waals surface area contributed by atoms with Crippen LogP contribution in [0.5, 0.6) is 5.75 Å². The van der Waals surface area contributed by atoms with Crippen LogP contribution in [-0.2, 0) is 13.0 Å². The van der Waals surface area contributed by atoms with Crippen LogP contribution in [0.15, 0.2) is 66.0 Å². The van der Waals surface area contributed by atoms with Crippen molar-refractivity contribution in [2.75, 3.05) is 39.8 Å². The van der Waals surface area contributed by atoms with Crippen molar-refractivity contribution in [1.29, 1.82) is 0 Å². The summed E-state index contributed by atoms with van der Waals surface area (Å²) in [5.41, 5.74) is 2.95. The van der Waals surface area contributed by atoms with Crippen LogP contribution in [-0.4, -0.2) is 61.4 Å². The summed E-state index contributed by atoms with van der Waals surface area (Å²) in [6, 6.07) is 19.4. The molecule has 3 aromatic rings. The Bertz CT molecular complexity index is 1040. The molecule has 2 heterocycles. The van der Waals surface area contributed by atoms with E-state index in [1.807, 2.05) is 52.7 Å². The molecule has 172 valence electrons. The van der Waals surface area contributed by atoms with Gasteiger partial charge in [0, 0.05) is 44.8 Å². The summed E-state index contributed by atoms with van der Waals surface area (Å²) in [7, 11) is 1.68. The first-order chi connectivity index (χ1) is 16.1. The SMILES string of the molecule is COc1ccc(CCN2CCN(C(=O)c3ccc(CNC(=O)c4cccs4)cc3)CC2)cc1. The lowest BCUT2D eigenvalue weighted by Crippen LogP contribution is -2.49. The third kappa shape index (κ3) is 6.21. The van der Waals surface area contributed by atoms with Gasteiger partial charge in [0.15, 0.2) is 0 Å². The Balaban J connectivity index is 1.21. The molecule has 0 saturated carbocycles.